The van der Waals surface area contributed by atoms with Crippen molar-refractivity contribution in [3.8, 4) is 0 Å². The summed E-state index contributed by atoms with van der Waals surface area (Å²) in [6.07, 6.45) is 5.18. The van der Waals surface area contributed by atoms with Crippen LogP contribution >= 0.6 is 0 Å². The molecule has 1 fully saturated rings. The second-order valence-electron chi connectivity index (χ2n) is 5.08. The summed E-state index contributed by atoms with van der Waals surface area (Å²) in [7, 11) is 0. The molecule has 1 saturated heterocycles. The molecule has 0 aromatic heterocycles. The number of hydrogen-bond acceptors (Lipinski definition) is 1. The smallest absolute Gasteiger partial charge is 0.0259 e. The van der Waals surface area contributed by atoms with E-state index in [0.29, 0.717) is 5.92 Å². The summed E-state index contributed by atoms with van der Waals surface area (Å²) in [5.74, 6) is 1.46. The van der Waals surface area contributed by atoms with E-state index in [4.69, 9.17) is 0 Å². The molecule has 1 aliphatic rings. The van der Waals surface area contributed by atoms with Gasteiger partial charge in [0.15, 0.2) is 0 Å². The molecule has 0 radical (unpaired) electrons. The average Bonchev–Trinajstić information content (AvgIpc) is 2.65. The minimum atomic E-state index is 0.690. The van der Waals surface area contributed by atoms with E-state index in [1.54, 1.807) is 0 Å². The summed E-state index contributed by atoms with van der Waals surface area (Å²) in [5, 5.41) is 0. The predicted molar refractivity (Wildman–Crippen MR) is 67.8 cm³/mol. The first-order valence-corrected chi connectivity index (χ1v) is 6.57. The van der Waals surface area contributed by atoms with Crippen molar-refractivity contribution in [1.29, 1.82) is 0 Å². The van der Waals surface area contributed by atoms with Crippen molar-refractivity contribution in [2.24, 2.45) is 11.8 Å². The maximum Gasteiger partial charge on any atom is 0.0259 e. The third kappa shape index (κ3) is 2.76. The van der Waals surface area contributed by atoms with Crippen LogP contribution in [0, 0.1) is 11.8 Å². The third-order valence-electron chi connectivity index (χ3n) is 4.12. The minimum Gasteiger partial charge on any atom is -0.372 e. The maximum atomic E-state index is 4.35. The highest BCUT2D eigenvalue weighted by Gasteiger charge is 2.27. The fourth-order valence-corrected chi connectivity index (χ4v) is 2.82. The van der Waals surface area contributed by atoms with Gasteiger partial charge in [-0.1, -0.05) is 33.8 Å². The molecule has 1 heteroatoms. The predicted octanol–water partition coefficient (Wildman–Crippen LogP) is 4.06. The molecule has 0 aliphatic carbocycles. The van der Waals surface area contributed by atoms with Crippen LogP contribution in [0.1, 0.15) is 53.4 Å². The highest BCUT2D eigenvalue weighted by atomic mass is 15.2. The van der Waals surface area contributed by atoms with Gasteiger partial charge in [0, 0.05) is 24.2 Å². The lowest BCUT2D eigenvalue weighted by atomic mass is 9.86. The zero-order chi connectivity index (χ0) is 11.4. The quantitative estimate of drug-likeness (QED) is 0.660. The Morgan fingerprint density at radius 1 is 1.40 bits per heavy atom. The monoisotopic (exact) mass is 209 g/mol. The number of nitrogens with zero attached hydrogens (tertiary/aromatic N) is 1. The van der Waals surface area contributed by atoms with Gasteiger partial charge in [-0.2, -0.15) is 0 Å². The van der Waals surface area contributed by atoms with Crippen molar-refractivity contribution in [2.75, 3.05) is 6.54 Å². The summed E-state index contributed by atoms with van der Waals surface area (Å²) < 4.78 is 0. The van der Waals surface area contributed by atoms with Crippen LogP contribution in [0.3, 0.4) is 0 Å². The molecule has 1 heterocycles. The number of likely N-dealkylation sites (tertiary alicyclic amines) is 1. The van der Waals surface area contributed by atoms with Crippen LogP contribution in [0.15, 0.2) is 12.3 Å². The van der Waals surface area contributed by atoms with Gasteiger partial charge in [0.1, 0.15) is 0 Å². The van der Waals surface area contributed by atoms with E-state index >= 15 is 0 Å². The standard InChI is InChI=1S/C14H27N/c1-6-11(3)14(7-2)13(5)15-10-8-9-12(15)4/h11-12,14H,5-10H2,1-4H3. The van der Waals surface area contributed by atoms with E-state index in [1.807, 2.05) is 0 Å². The van der Waals surface area contributed by atoms with Crippen LogP contribution in [0.2, 0.25) is 0 Å². The van der Waals surface area contributed by atoms with Gasteiger partial charge in [-0.25, -0.2) is 0 Å². The minimum absolute atomic E-state index is 0.690. The van der Waals surface area contributed by atoms with Crippen LogP contribution in [0.25, 0.3) is 0 Å². The molecule has 15 heavy (non-hydrogen) atoms. The highest BCUT2D eigenvalue weighted by Crippen LogP contribution is 2.32. The molecule has 1 aliphatic heterocycles. The highest BCUT2D eigenvalue weighted by molar-refractivity contribution is 5.04. The molecule has 3 unspecified atom stereocenters. The molecule has 1 rings (SSSR count). The van der Waals surface area contributed by atoms with Crippen molar-refractivity contribution >= 4 is 0 Å². The first-order valence-electron chi connectivity index (χ1n) is 6.57. The van der Waals surface area contributed by atoms with Crippen LogP contribution in [-0.4, -0.2) is 17.5 Å². The van der Waals surface area contributed by atoms with Gasteiger partial charge in [-0.05, 0) is 32.1 Å². The fourth-order valence-electron chi connectivity index (χ4n) is 2.82. The van der Waals surface area contributed by atoms with E-state index in [-0.39, 0.29) is 0 Å². The second kappa shape index (κ2) is 5.58. The van der Waals surface area contributed by atoms with Crippen LogP contribution in [-0.2, 0) is 0 Å². The van der Waals surface area contributed by atoms with Crippen molar-refractivity contribution in [1.82, 2.24) is 4.90 Å². The first kappa shape index (κ1) is 12.6. The second-order valence-corrected chi connectivity index (χ2v) is 5.08. The third-order valence-corrected chi connectivity index (χ3v) is 4.12. The van der Waals surface area contributed by atoms with E-state index in [2.05, 4.69) is 39.2 Å². The number of allylic oxidation sites excluding steroid dienone is 1. The van der Waals surface area contributed by atoms with Crippen molar-refractivity contribution in [2.45, 2.75) is 59.4 Å². The zero-order valence-electron chi connectivity index (χ0n) is 10.9. The van der Waals surface area contributed by atoms with E-state index in [1.165, 1.54) is 37.9 Å². The molecule has 0 N–H and O–H groups in total. The Bertz CT molecular complexity index is 209. The van der Waals surface area contributed by atoms with Crippen LogP contribution in [0.4, 0.5) is 0 Å². The van der Waals surface area contributed by atoms with Gasteiger partial charge in [-0.15, -0.1) is 0 Å². The average molecular weight is 209 g/mol. The van der Waals surface area contributed by atoms with Gasteiger partial charge in [-0.3, -0.25) is 0 Å². The molecular formula is C14H27N. The zero-order valence-corrected chi connectivity index (χ0v) is 10.9. The van der Waals surface area contributed by atoms with Gasteiger partial charge >= 0.3 is 0 Å². The van der Waals surface area contributed by atoms with Gasteiger partial charge < -0.3 is 4.90 Å². The molecule has 0 spiro atoms. The topological polar surface area (TPSA) is 3.24 Å². The molecular weight excluding hydrogens is 182 g/mol. The van der Waals surface area contributed by atoms with Crippen molar-refractivity contribution in [3.63, 3.8) is 0 Å². The Balaban J connectivity index is 2.63. The van der Waals surface area contributed by atoms with Crippen molar-refractivity contribution in [3.05, 3.63) is 12.3 Å². The van der Waals surface area contributed by atoms with E-state index in [0.717, 1.165) is 12.0 Å². The summed E-state index contributed by atoms with van der Waals surface area (Å²) in [6.45, 7) is 14.9. The van der Waals surface area contributed by atoms with Crippen LogP contribution in [0.5, 0.6) is 0 Å². The molecule has 3 atom stereocenters. The Morgan fingerprint density at radius 3 is 2.47 bits per heavy atom. The summed E-state index contributed by atoms with van der Waals surface area (Å²) in [6, 6.07) is 0.718. The Labute approximate surface area is 95.5 Å². The lowest BCUT2D eigenvalue weighted by Gasteiger charge is -2.34. The first-order chi connectivity index (χ1) is 7.11. The molecule has 0 saturated carbocycles. The largest absolute Gasteiger partial charge is 0.372 e. The van der Waals surface area contributed by atoms with Crippen molar-refractivity contribution < 1.29 is 0 Å². The van der Waals surface area contributed by atoms with Crippen LogP contribution < -0.4 is 0 Å². The van der Waals surface area contributed by atoms with Gasteiger partial charge in [0.25, 0.3) is 0 Å². The van der Waals surface area contributed by atoms with Gasteiger partial charge in [0.05, 0.1) is 0 Å². The Kier molecular flexibility index (Phi) is 4.69. The molecule has 88 valence electrons. The Morgan fingerprint density at radius 2 is 2.07 bits per heavy atom. The number of rotatable bonds is 5. The van der Waals surface area contributed by atoms with E-state index in [9.17, 15) is 0 Å². The van der Waals surface area contributed by atoms with E-state index < -0.39 is 0 Å². The van der Waals surface area contributed by atoms with Gasteiger partial charge in [0.2, 0.25) is 0 Å². The molecule has 0 amide bonds. The lowest BCUT2D eigenvalue weighted by Crippen LogP contribution is -2.31. The normalized spacial score (nSPS) is 25.3. The Hall–Kier alpha value is -0.460. The summed E-state index contributed by atoms with van der Waals surface area (Å²) in [4.78, 5) is 2.54. The fraction of sp³-hybridized carbons (Fsp3) is 0.857. The maximum absolute atomic E-state index is 4.35. The SMILES string of the molecule is C=C(C(CC)C(C)CC)N1CCCC1C. The molecule has 0 bridgehead atoms. The summed E-state index contributed by atoms with van der Waals surface area (Å²) >= 11 is 0. The number of hydrogen-bond donors (Lipinski definition) is 0. The molecule has 0 aromatic carbocycles. The molecule has 1 nitrogen and oxygen atoms in total. The lowest BCUT2D eigenvalue weighted by molar-refractivity contribution is 0.253. The molecule has 0 aromatic rings. The summed E-state index contributed by atoms with van der Waals surface area (Å²) in [5.41, 5.74) is 1.40.